The zero-order valence-electron chi connectivity index (χ0n) is 11.1. The van der Waals surface area contributed by atoms with Gasteiger partial charge in [-0.25, -0.2) is 0 Å². The van der Waals surface area contributed by atoms with E-state index in [0.717, 1.165) is 6.54 Å². The molecule has 2 fully saturated rings. The average molecular weight is 219 g/mol. The van der Waals surface area contributed by atoms with Crippen molar-refractivity contribution < 1.29 is 0 Å². The Morgan fingerprint density at radius 2 is 1.50 bits per heavy atom. The first-order chi connectivity index (χ1) is 7.40. The fourth-order valence-corrected chi connectivity index (χ4v) is 3.19. The summed E-state index contributed by atoms with van der Waals surface area (Å²) >= 11 is 0. The summed E-state index contributed by atoms with van der Waals surface area (Å²) in [5.74, 6) is 1.40. The van der Waals surface area contributed by atoms with Crippen LogP contribution in [0.3, 0.4) is 0 Å². The molecule has 1 aliphatic heterocycles. The molecule has 1 heteroatoms. The van der Waals surface area contributed by atoms with E-state index in [2.05, 4.69) is 38.8 Å². The SMILES string of the molecule is C=C1C2CCCCC2C(=C)N1CC(C)(C)C. The van der Waals surface area contributed by atoms with E-state index in [0.29, 0.717) is 17.3 Å². The fourth-order valence-electron chi connectivity index (χ4n) is 3.19. The van der Waals surface area contributed by atoms with E-state index in [9.17, 15) is 0 Å². The van der Waals surface area contributed by atoms with Gasteiger partial charge in [-0.15, -0.1) is 0 Å². The third-order valence-electron chi connectivity index (χ3n) is 3.95. The van der Waals surface area contributed by atoms with Crippen molar-refractivity contribution in [3.63, 3.8) is 0 Å². The number of likely N-dealkylation sites (tertiary alicyclic amines) is 1. The van der Waals surface area contributed by atoms with Gasteiger partial charge < -0.3 is 4.90 Å². The minimum absolute atomic E-state index is 0.319. The number of rotatable bonds is 1. The average Bonchev–Trinajstić information content (AvgIpc) is 2.43. The van der Waals surface area contributed by atoms with E-state index in [-0.39, 0.29) is 0 Å². The molecule has 2 aliphatic rings. The predicted octanol–water partition coefficient (Wildman–Crippen LogP) is 4.18. The molecule has 0 radical (unpaired) electrons. The normalized spacial score (nSPS) is 30.8. The molecule has 2 atom stereocenters. The molecule has 1 saturated heterocycles. The van der Waals surface area contributed by atoms with Crippen LogP contribution >= 0.6 is 0 Å². The van der Waals surface area contributed by atoms with E-state index >= 15 is 0 Å². The Balaban J connectivity index is 2.15. The van der Waals surface area contributed by atoms with Gasteiger partial charge in [0.25, 0.3) is 0 Å². The standard InChI is InChI=1S/C15H25N/c1-11-13-8-6-7-9-14(13)12(2)16(11)10-15(3,4)5/h13-14H,1-2,6-10H2,3-5H3. The van der Waals surface area contributed by atoms with E-state index in [1.54, 1.807) is 0 Å². The van der Waals surface area contributed by atoms with Gasteiger partial charge >= 0.3 is 0 Å². The maximum absolute atomic E-state index is 4.32. The largest absolute Gasteiger partial charge is 0.349 e. The van der Waals surface area contributed by atoms with Gasteiger partial charge in [0.2, 0.25) is 0 Å². The quantitative estimate of drug-likeness (QED) is 0.639. The van der Waals surface area contributed by atoms with E-state index in [1.165, 1.54) is 37.1 Å². The van der Waals surface area contributed by atoms with Crippen molar-refractivity contribution >= 4 is 0 Å². The van der Waals surface area contributed by atoms with E-state index in [4.69, 9.17) is 0 Å². The summed E-state index contributed by atoms with van der Waals surface area (Å²) in [6, 6.07) is 0. The van der Waals surface area contributed by atoms with Gasteiger partial charge in [0.1, 0.15) is 0 Å². The second-order valence-electron chi connectivity index (χ2n) is 6.63. The van der Waals surface area contributed by atoms with Crippen LogP contribution in [0, 0.1) is 17.3 Å². The van der Waals surface area contributed by atoms with Gasteiger partial charge in [0.15, 0.2) is 0 Å². The highest BCUT2D eigenvalue weighted by Crippen LogP contribution is 2.48. The Bertz CT molecular complexity index is 284. The van der Waals surface area contributed by atoms with Crippen LogP contribution in [0.15, 0.2) is 24.6 Å². The molecule has 2 unspecified atom stereocenters. The van der Waals surface area contributed by atoms with Crippen molar-refractivity contribution in [2.24, 2.45) is 17.3 Å². The Morgan fingerprint density at radius 1 is 1.06 bits per heavy atom. The molecule has 1 heterocycles. The molecule has 2 rings (SSSR count). The van der Waals surface area contributed by atoms with Gasteiger partial charge in [-0.3, -0.25) is 0 Å². The molecule has 0 aromatic rings. The van der Waals surface area contributed by atoms with Crippen LogP contribution in [0.2, 0.25) is 0 Å². The highest BCUT2D eigenvalue weighted by atomic mass is 15.2. The van der Waals surface area contributed by atoms with Crippen molar-refractivity contribution in [3.8, 4) is 0 Å². The van der Waals surface area contributed by atoms with Crippen LogP contribution in [0.25, 0.3) is 0 Å². The molecule has 0 spiro atoms. The van der Waals surface area contributed by atoms with Crippen molar-refractivity contribution in [3.05, 3.63) is 24.6 Å². The summed E-state index contributed by atoms with van der Waals surface area (Å²) in [6.45, 7) is 16.6. The molecule has 0 amide bonds. The summed E-state index contributed by atoms with van der Waals surface area (Å²) in [5.41, 5.74) is 2.99. The van der Waals surface area contributed by atoms with Crippen molar-refractivity contribution in [1.29, 1.82) is 0 Å². The molecule has 1 aliphatic carbocycles. The number of nitrogens with zero attached hydrogens (tertiary/aromatic N) is 1. The Labute approximate surface area is 100 Å². The minimum Gasteiger partial charge on any atom is -0.349 e. The molecule has 1 saturated carbocycles. The maximum atomic E-state index is 4.32. The molecule has 1 nitrogen and oxygen atoms in total. The summed E-state index contributed by atoms with van der Waals surface area (Å²) < 4.78 is 0. The maximum Gasteiger partial charge on any atom is 0.0273 e. The van der Waals surface area contributed by atoms with Gasteiger partial charge in [0, 0.05) is 29.8 Å². The van der Waals surface area contributed by atoms with Gasteiger partial charge in [0.05, 0.1) is 0 Å². The van der Waals surface area contributed by atoms with Crippen molar-refractivity contribution in [2.75, 3.05) is 6.54 Å². The van der Waals surface area contributed by atoms with Crippen LogP contribution in [-0.2, 0) is 0 Å². The van der Waals surface area contributed by atoms with Crippen molar-refractivity contribution in [2.45, 2.75) is 46.5 Å². The monoisotopic (exact) mass is 219 g/mol. The first-order valence-electron chi connectivity index (χ1n) is 6.55. The lowest BCUT2D eigenvalue weighted by Gasteiger charge is -2.30. The molecule has 0 bridgehead atoms. The lowest BCUT2D eigenvalue weighted by molar-refractivity contribution is 0.282. The Kier molecular flexibility index (Phi) is 2.90. The molecule has 0 aromatic carbocycles. The van der Waals surface area contributed by atoms with Gasteiger partial charge in [-0.2, -0.15) is 0 Å². The van der Waals surface area contributed by atoms with Crippen LogP contribution in [0.5, 0.6) is 0 Å². The lowest BCUT2D eigenvalue weighted by Crippen LogP contribution is -2.28. The smallest absolute Gasteiger partial charge is 0.0273 e. The topological polar surface area (TPSA) is 3.24 Å². The highest BCUT2D eigenvalue weighted by Gasteiger charge is 2.40. The third kappa shape index (κ3) is 2.05. The van der Waals surface area contributed by atoms with Gasteiger partial charge in [-0.1, -0.05) is 46.8 Å². The predicted molar refractivity (Wildman–Crippen MR) is 69.9 cm³/mol. The van der Waals surface area contributed by atoms with E-state index < -0.39 is 0 Å². The van der Waals surface area contributed by atoms with Crippen molar-refractivity contribution in [1.82, 2.24) is 4.90 Å². The van der Waals surface area contributed by atoms with Gasteiger partial charge in [-0.05, 0) is 18.3 Å². The molecule has 0 N–H and O–H groups in total. The second-order valence-corrected chi connectivity index (χ2v) is 6.63. The third-order valence-corrected chi connectivity index (χ3v) is 3.95. The first-order valence-corrected chi connectivity index (χ1v) is 6.55. The molecule has 0 aromatic heterocycles. The lowest BCUT2D eigenvalue weighted by atomic mass is 9.79. The highest BCUT2D eigenvalue weighted by molar-refractivity contribution is 5.25. The summed E-state index contributed by atoms with van der Waals surface area (Å²) in [4.78, 5) is 2.40. The van der Waals surface area contributed by atoms with Crippen LogP contribution in [0.4, 0.5) is 0 Å². The Morgan fingerprint density at radius 3 is 1.88 bits per heavy atom. The number of hydrogen-bond donors (Lipinski definition) is 0. The summed E-state index contributed by atoms with van der Waals surface area (Å²) in [6.07, 6.45) is 5.39. The number of fused-ring (bicyclic) bond motifs is 1. The van der Waals surface area contributed by atoms with Crippen LogP contribution in [-0.4, -0.2) is 11.4 Å². The molecular formula is C15H25N. The second kappa shape index (κ2) is 3.94. The summed E-state index contributed by atoms with van der Waals surface area (Å²) in [5, 5.41) is 0. The van der Waals surface area contributed by atoms with Crippen LogP contribution in [0.1, 0.15) is 46.5 Å². The molecule has 16 heavy (non-hydrogen) atoms. The van der Waals surface area contributed by atoms with Crippen LogP contribution < -0.4 is 0 Å². The Hall–Kier alpha value is -0.720. The number of hydrogen-bond acceptors (Lipinski definition) is 1. The zero-order chi connectivity index (χ0) is 11.9. The minimum atomic E-state index is 0.319. The first kappa shape index (κ1) is 11.8. The van der Waals surface area contributed by atoms with E-state index in [1.807, 2.05) is 0 Å². The number of allylic oxidation sites excluding steroid dienone is 2. The molecular weight excluding hydrogens is 194 g/mol. The zero-order valence-corrected chi connectivity index (χ0v) is 11.1. The fraction of sp³-hybridized carbons (Fsp3) is 0.733. The summed E-state index contributed by atoms with van der Waals surface area (Å²) in [7, 11) is 0. The molecule has 90 valence electrons.